The minimum atomic E-state index is -0.965. The van der Waals surface area contributed by atoms with Gasteiger partial charge in [-0.1, -0.05) is 11.8 Å². The maximum Gasteiger partial charge on any atom is 0.305 e. The molecule has 1 saturated heterocycles. The fourth-order valence-corrected chi connectivity index (χ4v) is 3.20. The van der Waals surface area contributed by atoms with Gasteiger partial charge < -0.3 is 19.2 Å². The second-order valence-corrected chi connectivity index (χ2v) is 6.35. The molecule has 25 heavy (non-hydrogen) atoms. The van der Waals surface area contributed by atoms with E-state index in [2.05, 4.69) is 9.97 Å². The molecule has 1 aliphatic heterocycles. The lowest BCUT2D eigenvalue weighted by atomic mass is 10.1. The number of rotatable bonds is 6. The Balaban J connectivity index is 1.64. The normalized spacial score (nSPS) is 17.4. The lowest BCUT2D eigenvalue weighted by Gasteiger charge is -2.34. The Labute approximate surface area is 148 Å². The van der Waals surface area contributed by atoms with Crippen molar-refractivity contribution in [1.82, 2.24) is 14.9 Å². The number of hydrogen-bond acceptors (Lipinski definition) is 7. The molecule has 0 spiro atoms. The molecule has 1 N–H and O–H groups in total. The first kappa shape index (κ1) is 17.4. The second kappa shape index (κ2) is 8.13. The third kappa shape index (κ3) is 4.58. The highest BCUT2D eigenvalue weighted by atomic mass is 32.2. The van der Waals surface area contributed by atoms with Crippen molar-refractivity contribution in [3.63, 3.8) is 0 Å². The zero-order chi connectivity index (χ0) is 17.6. The van der Waals surface area contributed by atoms with Crippen LogP contribution in [0.4, 0.5) is 0 Å². The van der Waals surface area contributed by atoms with Gasteiger partial charge >= 0.3 is 5.97 Å². The molecule has 0 unspecified atom stereocenters. The molecule has 3 heterocycles. The van der Waals surface area contributed by atoms with E-state index in [0.717, 1.165) is 0 Å². The monoisotopic (exact) mass is 363 g/mol. The minimum Gasteiger partial charge on any atom is -0.481 e. The Morgan fingerprint density at radius 3 is 2.88 bits per heavy atom. The van der Waals surface area contributed by atoms with Crippen LogP contribution in [-0.4, -0.2) is 57.7 Å². The number of thioether (sulfide) groups is 1. The molecular formula is C16H17N3O5S. The van der Waals surface area contributed by atoms with Gasteiger partial charge in [-0.3, -0.25) is 9.59 Å². The maximum atomic E-state index is 12.6. The van der Waals surface area contributed by atoms with Gasteiger partial charge in [-0.25, -0.2) is 9.97 Å². The summed E-state index contributed by atoms with van der Waals surface area (Å²) in [4.78, 5) is 33.3. The summed E-state index contributed by atoms with van der Waals surface area (Å²) < 4.78 is 10.9. The van der Waals surface area contributed by atoms with Crippen LogP contribution < -0.4 is 0 Å². The molecule has 1 amide bonds. The molecule has 3 rings (SSSR count). The number of hydrogen-bond donors (Lipinski definition) is 1. The second-order valence-electron chi connectivity index (χ2n) is 5.41. The number of nitrogens with zero attached hydrogens (tertiary/aromatic N) is 3. The quantitative estimate of drug-likeness (QED) is 0.610. The standard InChI is InChI=1S/C16H17N3O5S/c20-14(21)8-11-9-23-7-6-19(11)15(22)13-3-2-12(24-13)10-25-16-17-4-1-5-18-16/h1-5,11H,6-10H2,(H,20,21)/t11-/m1/s1. The molecule has 0 aliphatic carbocycles. The first-order chi connectivity index (χ1) is 12.1. The molecule has 0 saturated carbocycles. The zero-order valence-corrected chi connectivity index (χ0v) is 14.1. The Morgan fingerprint density at radius 1 is 1.32 bits per heavy atom. The Hall–Kier alpha value is -2.39. The average Bonchev–Trinajstić information content (AvgIpc) is 3.09. The lowest BCUT2D eigenvalue weighted by molar-refractivity contribution is -0.139. The number of carboxylic acids is 1. The summed E-state index contributed by atoms with van der Waals surface area (Å²) in [5, 5.41) is 9.61. The van der Waals surface area contributed by atoms with Crippen LogP contribution in [0.25, 0.3) is 0 Å². The summed E-state index contributed by atoms with van der Waals surface area (Å²) in [6.45, 7) is 0.947. The molecule has 8 nitrogen and oxygen atoms in total. The van der Waals surface area contributed by atoms with Gasteiger partial charge in [-0.2, -0.15) is 0 Å². The molecule has 9 heteroatoms. The SMILES string of the molecule is O=C(O)C[C@@H]1COCCN1C(=O)c1ccc(CSc2ncccn2)o1. The third-order valence-electron chi connectivity index (χ3n) is 3.66. The van der Waals surface area contributed by atoms with Crippen molar-refractivity contribution >= 4 is 23.6 Å². The van der Waals surface area contributed by atoms with Gasteiger partial charge in [0, 0.05) is 18.9 Å². The van der Waals surface area contributed by atoms with Gasteiger partial charge in [0.15, 0.2) is 10.9 Å². The van der Waals surface area contributed by atoms with E-state index in [4.69, 9.17) is 14.3 Å². The van der Waals surface area contributed by atoms with Crippen LogP contribution in [0.3, 0.4) is 0 Å². The van der Waals surface area contributed by atoms with Crippen molar-refractivity contribution in [2.45, 2.75) is 23.4 Å². The van der Waals surface area contributed by atoms with Crippen molar-refractivity contribution in [3.05, 3.63) is 42.1 Å². The van der Waals surface area contributed by atoms with Crippen LogP contribution in [0, 0.1) is 0 Å². The highest BCUT2D eigenvalue weighted by Crippen LogP contribution is 2.22. The number of carboxylic acid groups (broad SMARTS) is 1. The molecule has 0 aromatic carbocycles. The Morgan fingerprint density at radius 2 is 2.12 bits per heavy atom. The van der Waals surface area contributed by atoms with Crippen molar-refractivity contribution in [3.8, 4) is 0 Å². The zero-order valence-electron chi connectivity index (χ0n) is 13.3. The van der Waals surface area contributed by atoms with Gasteiger partial charge in [0.25, 0.3) is 5.91 Å². The van der Waals surface area contributed by atoms with Crippen LogP contribution >= 0.6 is 11.8 Å². The summed E-state index contributed by atoms with van der Waals surface area (Å²) in [6, 6.07) is 4.59. The summed E-state index contributed by atoms with van der Waals surface area (Å²) in [7, 11) is 0. The van der Waals surface area contributed by atoms with Crippen LogP contribution in [-0.2, 0) is 15.3 Å². The van der Waals surface area contributed by atoms with E-state index in [1.165, 1.54) is 16.7 Å². The number of aliphatic carboxylic acids is 1. The Bertz CT molecular complexity index is 736. The molecule has 1 fully saturated rings. The third-order valence-corrected chi connectivity index (χ3v) is 4.55. The number of carbonyl (C=O) groups excluding carboxylic acids is 1. The van der Waals surface area contributed by atoms with E-state index in [0.29, 0.717) is 29.8 Å². The predicted molar refractivity (Wildman–Crippen MR) is 88.2 cm³/mol. The van der Waals surface area contributed by atoms with E-state index in [9.17, 15) is 9.59 Å². The van der Waals surface area contributed by atoms with Crippen LogP contribution in [0.5, 0.6) is 0 Å². The van der Waals surface area contributed by atoms with E-state index in [-0.39, 0.29) is 24.7 Å². The van der Waals surface area contributed by atoms with E-state index >= 15 is 0 Å². The average molecular weight is 363 g/mol. The lowest BCUT2D eigenvalue weighted by Crippen LogP contribution is -2.49. The first-order valence-electron chi connectivity index (χ1n) is 7.72. The van der Waals surface area contributed by atoms with Gasteiger partial charge in [0.05, 0.1) is 31.4 Å². The first-order valence-corrected chi connectivity index (χ1v) is 8.71. The summed E-state index contributed by atoms with van der Waals surface area (Å²) in [6.07, 6.45) is 3.17. The van der Waals surface area contributed by atoms with Crippen molar-refractivity contribution in [2.24, 2.45) is 0 Å². The summed E-state index contributed by atoms with van der Waals surface area (Å²) in [5.41, 5.74) is 0. The van der Waals surface area contributed by atoms with Crippen LogP contribution in [0.2, 0.25) is 0 Å². The number of morpholine rings is 1. The van der Waals surface area contributed by atoms with Crippen LogP contribution in [0.15, 0.2) is 40.2 Å². The van der Waals surface area contributed by atoms with Gasteiger partial charge in [0.1, 0.15) is 5.76 Å². The Kier molecular flexibility index (Phi) is 5.67. The van der Waals surface area contributed by atoms with Crippen molar-refractivity contribution in [1.29, 1.82) is 0 Å². The molecule has 0 bridgehead atoms. The summed E-state index contributed by atoms with van der Waals surface area (Å²) >= 11 is 1.40. The predicted octanol–water partition coefficient (Wildman–Crippen LogP) is 1.68. The number of ether oxygens (including phenoxy) is 1. The molecule has 0 radical (unpaired) electrons. The molecule has 132 valence electrons. The fraction of sp³-hybridized carbons (Fsp3) is 0.375. The van der Waals surface area contributed by atoms with Gasteiger partial charge in [-0.05, 0) is 18.2 Å². The topological polar surface area (TPSA) is 106 Å². The minimum absolute atomic E-state index is 0.152. The van der Waals surface area contributed by atoms with Gasteiger partial charge in [0.2, 0.25) is 0 Å². The number of aromatic nitrogens is 2. The molecule has 1 atom stereocenters. The van der Waals surface area contributed by atoms with E-state index in [1.807, 2.05) is 0 Å². The summed E-state index contributed by atoms with van der Waals surface area (Å²) in [5.74, 6) is 0.0408. The van der Waals surface area contributed by atoms with Crippen LogP contribution in [0.1, 0.15) is 22.7 Å². The number of carbonyl (C=O) groups is 2. The molecular weight excluding hydrogens is 346 g/mol. The smallest absolute Gasteiger partial charge is 0.305 e. The largest absolute Gasteiger partial charge is 0.481 e. The number of amides is 1. The van der Waals surface area contributed by atoms with E-state index in [1.54, 1.807) is 30.6 Å². The van der Waals surface area contributed by atoms with E-state index < -0.39 is 12.0 Å². The highest BCUT2D eigenvalue weighted by Gasteiger charge is 2.31. The number of furan rings is 1. The van der Waals surface area contributed by atoms with Crippen molar-refractivity contribution in [2.75, 3.05) is 19.8 Å². The highest BCUT2D eigenvalue weighted by molar-refractivity contribution is 7.98. The molecule has 2 aromatic rings. The molecule has 2 aromatic heterocycles. The fourth-order valence-electron chi connectivity index (χ4n) is 2.50. The maximum absolute atomic E-state index is 12.6. The van der Waals surface area contributed by atoms with Crippen molar-refractivity contribution < 1.29 is 23.8 Å². The van der Waals surface area contributed by atoms with Gasteiger partial charge in [-0.15, -0.1) is 0 Å². The molecule has 1 aliphatic rings.